The lowest BCUT2D eigenvalue weighted by Crippen LogP contribution is -2.39. The van der Waals surface area contributed by atoms with Crippen molar-refractivity contribution in [1.29, 1.82) is 0 Å². The summed E-state index contributed by atoms with van der Waals surface area (Å²) in [5.41, 5.74) is 0. The molecular formula is C13H27ClN2O. The molecule has 17 heavy (non-hydrogen) atoms. The van der Waals surface area contributed by atoms with Crippen LogP contribution in [-0.2, 0) is 4.79 Å². The van der Waals surface area contributed by atoms with Gasteiger partial charge in [-0.2, -0.15) is 0 Å². The first-order valence-corrected chi connectivity index (χ1v) is 6.72. The molecular weight excluding hydrogens is 236 g/mol. The summed E-state index contributed by atoms with van der Waals surface area (Å²) in [5, 5.41) is 3.27. The van der Waals surface area contributed by atoms with Gasteiger partial charge in [0, 0.05) is 19.6 Å². The third-order valence-corrected chi connectivity index (χ3v) is 3.74. The summed E-state index contributed by atoms with van der Waals surface area (Å²) in [7, 11) is 0. The lowest BCUT2D eigenvalue weighted by Gasteiger charge is -2.27. The highest BCUT2D eigenvalue weighted by Crippen LogP contribution is 2.15. The van der Waals surface area contributed by atoms with Crippen molar-refractivity contribution in [3.05, 3.63) is 0 Å². The molecule has 1 N–H and O–H groups in total. The number of carbonyl (C=O) groups is 1. The molecule has 1 heterocycles. The number of carbonyl (C=O) groups excluding carboxylic acids is 1. The van der Waals surface area contributed by atoms with E-state index >= 15 is 0 Å². The van der Waals surface area contributed by atoms with E-state index in [0.717, 1.165) is 32.6 Å². The average molecular weight is 263 g/mol. The van der Waals surface area contributed by atoms with E-state index in [1.165, 1.54) is 12.8 Å². The maximum absolute atomic E-state index is 12.2. The highest BCUT2D eigenvalue weighted by Gasteiger charge is 2.27. The van der Waals surface area contributed by atoms with Crippen LogP contribution in [0.1, 0.15) is 40.0 Å². The van der Waals surface area contributed by atoms with E-state index in [2.05, 4.69) is 31.0 Å². The van der Waals surface area contributed by atoms with Gasteiger partial charge >= 0.3 is 0 Å². The summed E-state index contributed by atoms with van der Waals surface area (Å²) in [6.45, 7) is 10.2. The van der Waals surface area contributed by atoms with Crippen molar-refractivity contribution >= 4 is 18.3 Å². The minimum absolute atomic E-state index is 0. The quantitative estimate of drug-likeness (QED) is 0.797. The Morgan fingerprint density at radius 3 is 2.41 bits per heavy atom. The Morgan fingerprint density at radius 1 is 1.35 bits per heavy atom. The van der Waals surface area contributed by atoms with Gasteiger partial charge in [-0.15, -0.1) is 12.4 Å². The number of hydrogen-bond acceptors (Lipinski definition) is 2. The van der Waals surface area contributed by atoms with Gasteiger partial charge in [0.15, 0.2) is 0 Å². The Hall–Kier alpha value is -0.280. The van der Waals surface area contributed by atoms with Gasteiger partial charge in [0.2, 0.25) is 5.91 Å². The lowest BCUT2D eigenvalue weighted by atomic mass is 10.0. The summed E-state index contributed by atoms with van der Waals surface area (Å²) in [5.74, 6) is 1.26. The first-order chi connectivity index (χ1) is 7.72. The molecule has 1 aliphatic rings. The molecule has 4 heteroatoms. The molecule has 1 aliphatic heterocycles. The van der Waals surface area contributed by atoms with Crippen LogP contribution in [0.5, 0.6) is 0 Å². The van der Waals surface area contributed by atoms with Crippen molar-refractivity contribution in [2.45, 2.75) is 40.0 Å². The van der Waals surface area contributed by atoms with Crippen LogP contribution in [0.4, 0.5) is 0 Å². The molecule has 102 valence electrons. The molecule has 1 atom stereocenters. The minimum Gasteiger partial charge on any atom is -0.342 e. The topological polar surface area (TPSA) is 32.3 Å². The van der Waals surface area contributed by atoms with Crippen molar-refractivity contribution < 1.29 is 4.79 Å². The Bertz CT molecular complexity index is 213. The van der Waals surface area contributed by atoms with Gasteiger partial charge in [0.05, 0.1) is 5.92 Å². The molecule has 0 aliphatic carbocycles. The molecule has 0 bridgehead atoms. The van der Waals surface area contributed by atoms with Gasteiger partial charge < -0.3 is 10.2 Å². The Morgan fingerprint density at radius 2 is 2.00 bits per heavy atom. The zero-order chi connectivity index (χ0) is 12.0. The maximum Gasteiger partial charge on any atom is 0.227 e. The second-order valence-electron chi connectivity index (χ2n) is 4.75. The zero-order valence-electron chi connectivity index (χ0n) is 11.4. The summed E-state index contributed by atoms with van der Waals surface area (Å²) < 4.78 is 0. The number of nitrogens with one attached hydrogen (secondary N) is 1. The highest BCUT2D eigenvalue weighted by molar-refractivity contribution is 5.85. The number of halogens is 1. The molecule has 1 saturated heterocycles. The second-order valence-corrected chi connectivity index (χ2v) is 4.75. The van der Waals surface area contributed by atoms with E-state index in [9.17, 15) is 4.79 Å². The van der Waals surface area contributed by atoms with Crippen LogP contribution < -0.4 is 5.32 Å². The van der Waals surface area contributed by atoms with E-state index in [-0.39, 0.29) is 18.3 Å². The van der Waals surface area contributed by atoms with E-state index in [0.29, 0.717) is 11.8 Å². The smallest absolute Gasteiger partial charge is 0.227 e. The fourth-order valence-corrected chi connectivity index (χ4v) is 2.36. The Kier molecular flexibility index (Phi) is 8.61. The van der Waals surface area contributed by atoms with Crippen molar-refractivity contribution in [3.63, 3.8) is 0 Å². The molecule has 3 nitrogen and oxygen atoms in total. The fraction of sp³-hybridized carbons (Fsp3) is 0.923. The van der Waals surface area contributed by atoms with E-state index in [4.69, 9.17) is 0 Å². The third kappa shape index (κ3) is 4.84. The van der Waals surface area contributed by atoms with Crippen LogP contribution in [0.25, 0.3) is 0 Å². The summed E-state index contributed by atoms with van der Waals surface area (Å²) >= 11 is 0. The number of amides is 1. The van der Waals surface area contributed by atoms with Gasteiger partial charge in [-0.05, 0) is 25.8 Å². The number of nitrogens with zero attached hydrogens (tertiary/aromatic N) is 1. The minimum atomic E-state index is 0. The standard InChI is InChI=1S/C13H26N2O.ClH/c1-4-11(5-2)10-15(6-3)13(16)12-7-8-14-9-12;/h11-12,14H,4-10H2,1-3H3;1H. The monoisotopic (exact) mass is 262 g/mol. The van der Waals surface area contributed by atoms with Crippen LogP contribution >= 0.6 is 12.4 Å². The molecule has 1 rings (SSSR count). The number of hydrogen-bond donors (Lipinski definition) is 1. The first-order valence-electron chi connectivity index (χ1n) is 6.72. The summed E-state index contributed by atoms with van der Waals surface area (Å²) in [6.07, 6.45) is 3.35. The van der Waals surface area contributed by atoms with E-state index in [1.807, 2.05) is 0 Å². The Balaban J connectivity index is 0.00000256. The van der Waals surface area contributed by atoms with Gasteiger partial charge in [-0.25, -0.2) is 0 Å². The SMILES string of the molecule is CCC(CC)CN(CC)C(=O)C1CCNC1.Cl. The van der Waals surface area contributed by atoms with Gasteiger partial charge in [0.1, 0.15) is 0 Å². The molecule has 1 fully saturated rings. The second kappa shape index (κ2) is 8.76. The molecule has 0 aromatic heterocycles. The molecule has 1 amide bonds. The maximum atomic E-state index is 12.2. The van der Waals surface area contributed by atoms with Crippen molar-refractivity contribution in [1.82, 2.24) is 10.2 Å². The molecule has 0 aromatic rings. The Labute approximate surface area is 112 Å². The van der Waals surface area contributed by atoms with Gasteiger partial charge in [0.25, 0.3) is 0 Å². The van der Waals surface area contributed by atoms with Crippen molar-refractivity contribution in [2.75, 3.05) is 26.2 Å². The van der Waals surface area contributed by atoms with Crippen molar-refractivity contribution in [3.8, 4) is 0 Å². The van der Waals surface area contributed by atoms with Gasteiger partial charge in [-0.3, -0.25) is 4.79 Å². The largest absolute Gasteiger partial charge is 0.342 e. The third-order valence-electron chi connectivity index (χ3n) is 3.74. The molecule has 0 saturated carbocycles. The molecule has 1 unspecified atom stereocenters. The van der Waals surface area contributed by atoms with Crippen LogP contribution in [0.15, 0.2) is 0 Å². The normalized spacial score (nSPS) is 19.2. The van der Waals surface area contributed by atoms with Gasteiger partial charge in [-0.1, -0.05) is 26.7 Å². The van der Waals surface area contributed by atoms with Crippen LogP contribution in [0.3, 0.4) is 0 Å². The lowest BCUT2D eigenvalue weighted by molar-refractivity contribution is -0.135. The molecule has 0 radical (unpaired) electrons. The molecule has 0 aromatic carbocycles. The van der Waals surface area contributed by atoms with Crippen LogP contribution in [0, 0.1) is 11.8 Å². The number of rotatable bonds is 6. The predicted octanol–water partition coefficient (Wildman–Crippen LogP) is 2.30. The first kappa shape index (κ1) is 16.7. The van der Waals surface area contributed by atoms with E-state index in [1.54, 1.807) is 0 Å². The van der Waals surface area contributed by atoms with E-state index < -0.39 is 0 Å². The zero-order valence-corrected chi connectivity index (χ0v) is 12.2. The van der Waals surface area contributed by atoms with Crippen LogP contribution in [0.2, 0.25) is 0 Å². The van der Waals surface area contributed by atoms with Crippen molar-refractivity contribution in [2.24, 2.45) is 11.8 Å². The fourth-order valence-electron chi connectivity index (χ4n) is 2.36. The molecule has 0 spiro atoms. The van der Waals surface area contributed by atoms with Crippen LogP contribution in [-0.4, -0.2) is 37.0 Å². The summed E-state index contributed by atoms with van der Waals surface area (Å²) in [4.78, 5) is 14.3. The summed E-state index contributed by atoms with van der Waals surface area (Å²) in [6, 6.07) is 0. The highest BCUT2D eigenvalue weighted by atomic mass is 35.5. The predicted molar refractivity (Wildman–Crippen MR) is 74.6 cm³/mol. The average Bonchev–Trinajstić information content (AvgIpc) is 2.83.